The molecule has 1 saturated carbocycles. The highest BCUT2D eigenvalue weighted by atomic mass is 35.5. The highest BCUT2D eigenvalue weighted by Gasteiger charge is 2.51. The number of rotatable bonds is 9. The van der Waals surface area contributed by atoms with Gasteiger partial charge < -0.3 is 25.8 Å². The lowest BCUT2D eigenvalue weighted by Gasteiger charge is -2.20. The van der Waals surface area contributed by atoms with Gasteiger partial charge in [0.25, 0.3) is 17.7 Å². The van der Waals surface area contributed by atoms with Gasteiger partial charge in [-0.2, -0.15) is 0 Å². The minimum atomic E-state index is -0.730. The van der Waals surface area contributed by atoms with Crippen LogP contribution in [0.1, 0.15) is 42.5 Å². The smallest absolute Gasteiger partial charge is 0.325 e. The zero-order chi connectivity index (χ0) is 22.6. The summed E-state index contributed by atoms with van der Waals surface area (Å²) in [6.07, 6.45) is 3.60. The van der Waals surface area contributed by atoms with Crippen molar-refractivity contribution in [1.82, 2.24) is 15.5 Å². The van der Waals surface area contributed by atoms with Crippen LogP contribution >= 0.6 is 11.6 Å². The zero-order valence-electron chi connectivity index (χ0n) is 17.2. The van der Waals surface area contributed by atoms with Crippen LogP contribution in [0.25, 0.3) is 0 Å². The summed E-state index contributed by atoms with van der Waals surface area (Å²) in [5.74, 6) is -0.974. The minimum Gasteiger partial charge on any atom is -0.493 e. The largest absolute Gasteiger partial charge is 0.493 e. The first kappa shape index (κ1) is 22.7. The van der Waals surface area contributed by atoms with E-state index in [1.807, 2.05) is 0 Å². The predicted molar refractivity (Wildman–Crippen MR) is 111 cm³/mol. The molecule has 31 heavy (non-hydrogen) atoms. The van der Waals surface area contributed by atoms with Gasteiger partial charge in [-0.15, -0.1) is 0 Å². The molecule has 1 heterocycles. The van der Waals surface area contributed by atoms with Gasteiger partial charge in [0.05, 0.1) is 12.1 Å². The van der Waals surface area contributed by atoms with Crippen LogP contribution in [0.3, 0.4) is 0 Å². The molecule has 1 saturated heterocycles. The topological polar surface area (TPSA) is 140 Å². The maximum atomic E-state index is 12.6. The Bertz CT molecular complexity index is 900. The molecule has 2 aliphatic rings. The molecule has 168 valence electrons. The van der Waals surface area contributed by atoms with Gasteiger partial charge in [-0.25, -0.2) is 4.79 Å². The Morgan fingerprint density at radius 3 is 2.65 bits per heavy atom. The maximum Gasteiger partial charge on any atom is 0.325 e. The highest BCUT2D eigenvalue weighted by molar-refractivity contribution is 6.32. The van der Waals surface area contributed by atoms with E-state index in [2.05, 4.69) is 10.6 Å². The molecule has 5 amide bonds. The van der Waals surface area contributed by atoms with E-state index in [1.54, 1.807) is 0 Å². The average molecular weight is 453 g/mol. The summed E-state index contributed by atoms with van der Waals surface area (Å²) in [6.45, 7) is 0.0884. The Hall–Kier alpha value is -3.01. The van der Waals surface area contributed by atoms with Crippen LogP contribution in [0.2, 0.25) is 5.02 Å². The molecule has 0 atom stereocenters. The molecule has 1 aromatic rings. The summed E-state index contributed by atoms with van der Waals surface area (Å²) in [4.78, 5) is 49.4. The van der Waals surface area contributed by atoms with Crippen molar-refractivity contribution in [3.63, 3.8) is 0 Å². The van der Waals surface area contributed by atoms with Crippen molar-refractivity contribution in [3.8, 4) is 11.5 Å². The normalized spacial score (nSPS) is 17.0. The fourth-order valence-corrected chi connectivity index (χ4v) is 4.14. The van der Waals surface area contributed by atoms with Gasteiger partial charge in [0.1, 0.15) is 5.54 Å². The quantitative estimate of drug-likeness (QED) is 0.380. The second-order valence-corrected chi connectivity index (χ2v) is 7.94. The number of carbonyl (C=O) groups is 4. The molecular weight excluding hydrogens is 428 g/mol. The van der Waals surface area contributed by atoms with Crippen molar-refractivity contribution < 1.29 is 28.7 Å². The third-order valence-electron chi connectivity index (χ3n) is 5.40. The van der Waals surface area contributed by atoms with Crippen LogP contribution in [0.4, 0.5) is 4.79 Å². The van der Waals surface area contributed by atoms with Crippen molar-refractivity contribution >= 4 is 35.4 Å². The summed E-state index contributed by atoms with van der Waals surface area (Å²) in [7, 11) is 1.37. The number of urea groups is 1. The van der Waals surface area contributed by atoms with Gasteiger partial charge in [-0.05, 0) is 31.4 Å². The van der Waals surface area contributed by atoms with Gasteiger partial charge in [0.2, 0.25) is 0 Å². The number of ether oxygens (including phenoxy) is 2. The molecule has 1 aromatic carbocycles. The van der Waals surface area contributed by atoms with E-state index in [-0.39, 0.29) is 53.7 Å². The molecule has 1 spiro atoms. The first-order valence-corrected chi connectivity index (χ1v) is 10.4. The lowest BCUT2D eigenvalue weighted by atomic mass is 9.98. The third-order valence-corrected chi connectivity index (χ3v) is 5.68. The average Bonchev–Trinajstić information content (AvgIpc) is 3.29. The monoisotopic (exact) mass is 452 g/mol. The van der Waals surface area contributed by atoms with Gasteiger partial charge in [-0.1, -0.05) is 24.4 Å². The van der Waals surface area contributed by atoms with Crippen molar-refractivity contribution in [3.05, 3.63) is 22.7 Å². The van der Waals surface area contributed by atoms with Crippen LogP contribution in [0, 0.1) is 0 Å². The van der Waals surface area contributed by atoms with Crippen LogP contribution < -0.4 is 25.8 Å². The van der Waals surface area contributed by atoms with Crippen LogP contribution in [-0.2, 0) is 9.59 Å². The molecule has 0 radical (unpaired) electrons. The zero-order valence-corrected chi connectivity index (χ0v) is 17.9. The molecule has 3 rings (SSSR count). The Labute approximate surface area is 184 Å². The molecule has 11 heteroatoms. The molecule has 0 unspecified atom stereocenters. The first-order valence-electron chi connectivity index (χ1n) is 9.98. The number of nitrogens with one attached hydrogen (secondary N) is 2. The van der Waals surface area contributed by atoms with Crippen LogP contribution in [-0.4, -0.2) is 61.0 Å². The van der Waals surface area contributed by atoms with E-state index in [4.69, 9.17) is 26.8 Å². The summed E-state index contributed by atoms with van der Waals surface area (Å²) < 4.78 is 10.4. The SMILES string of the molecule is COc1cc(C(=O)NCCCN2C(=O)NC3(CCCC3)C2=O)cc(Cl)c1OCC(N)=O. The van der Waals surface area contributed by atoms with Gasteiger partial charge in [-0.3, -0.25) is 19.3 Å². The number of amides is 5. The van der Waals surface area contributed by atoms with Gasteiger partial charge in [0.15, 0.2) is 18.1 Å². The summed E-state index contributed by atoms with van der Waals surface area (Å²) in [6, 6.07) is 2.44. The van der Waals surface area contributed by atoms with E-state index in [9.17, 15) is 19.2 Å². The van der Waals surface area contributed by atoms with Crippen molar-refractivity contribution in [2.24, 2.45) is 5.73 Å². The third kappa shape index (κ3) is 4.84. The fourth-order valence-electron chi connectivity index (χ4n) is 3.87. The molecule has 0 aromatic heterocycles. The minimum absolute atomic E-state index is 0.0898. The van der Waals surface area contributed by atoms with E-state index >= 15 is 0 Å². The lowest BCUT2D eigenvalue weighted by Crippen LogP contribution is -2.44. The Balaban J connectivity index is 1.54. The summed E-state index contributed by atoms with van der Waals surface area (Å²) in [5, 5.41) is 5.64. The number of primary amides is 1. The highest BCUT2D eigenvalue weighted by Crippen LogP contribution is 2.37. The standard InChI is InChI=1S/C20H25ClN4O6/c1-30-14-10-12(9-13(21)16(14)31-11-15(22)26)17(27)23-7-4-8-25-18(28)20(24-19(25)29)5-2-3-6-20/h9-10H,2-8,11H2,1H3,(H2,22,26)(H,23,27)(H,24,29). The number of nitrogens with zero attached hydrogens (tertiary/aromatic N) is 1. The fraction of sp³-hybridized carbons (Fsp3) is 0.500. The molecule has 0 bridgehead atoms. The number of nitrogens with two attached hydrogens (primary N) is 1. The molecule has 1 aliphatic carbocycles. The van der Waals surface area contributed by atoms with Gasteiger partial charge in [0, 0.05) is 18.7 Å². The second-order valence-electron chi connectivity index (χ2n) is 7.53. The maximum absolute atomic E-state index is 12.6. The Morgan fingerprint density at radius 2 is 2.00 bits per heavy atom. The summed E-state index contributed by atoms with van der Waals surface area (Å²) in [5.41, 5.74) is 4.56. The number of hydrogen-bond acceptors (Lipinski definition) is 6. The number of imide groups is 1. The van der Waals surface area contributed by atoms with Crippen molar-refractivity contribution in [2.45, 2.75) is 37.6 Å². The predicted octanol–water partition coefficient (Wildman–Crippen LogP) is 1.20. The second kappa shape index (κ2) is 9.42. The Kier molecular flexibility index (Phi) is 6.89. The number of methoxy groups -OCH3 is 1. The molecular formula is C20H25ClN4O6. The lowest BCUT2D eigenvalue weighted by molar-refractivity contribution is -0.131. The summed E-state index contributed by atoms with van der Waals surface area (Å²) >= 11 is 6.15. The number of hydrogen-bond donors (Lipinski definition) is 3. The first-order chi connectivity index (χ1) is 14.8. The van der Waals surface area contributed by atoms with E-state index < -0.39 is 17.4 Å². The number of carbonyl (C=O) groups excluding carboxylic acids is 4. The van der Waals surface area contributed by atoms with Crippen LogP contribution in [0.15, 0.2) is 12.1 Å². The Morgan fingerprint density at radius 1 is 1.29 bits per heavy atom. The van der Waals surface area contributed by atoms with E-state index in [0.29, 0.717) is 19.3 Å². The molecule has 4 N–H and O–H groups in total. The van der Waals surface area contributed by atoms with E-state index in [1.165, 1.54) is 24.1 Å². The molecule has 10 nitrogen and oxygen atoms in total. The molecule has 2 fully saturated rings. The van der Waals surface area contributed by atoms with Crippen LogP contribution in [0.5, 0.6) is 11.5 Å². The van der Waals surface area contributed by atoms with Gasteiger partial charge >= 0.3 is 6.03 Å². The number of halogens is 1. The van der Waals surface area contributed by atoms with Crippen molar-refractivity contribution in [2.75, 3.05) is 26.8 Å². The number of benzene rings is 1. The van der Waals surface area contributed by atoms with Crippen molar-refractivity contribution in [1.29, 1.82) is 0 Å². The molecule has 1 aliphatic heterocycles. The van der Waals surface area contributed by atoms with E-state index in [0.717, 1.165) is 12.8 Å².